The van der Waals surface area contributed by atoms with E-state index in [0.29, 0.717) is 0 Å². The molecule has 0 saturated carbocycles. The highest BCUT2D eigenvalue weighted by molar-refractivity contribution is 5.69. The Kier molecular flexibility index (Phi) is 6.11. The number of esters is 1. The van der Waals surface area contributed by atoms with Gasteiger partial charge in [0.05, 0.1) is 25.7 Å². The van der Waals surface area contributed by atoms with Crippen molar-refractivity contribution in [2.75, 3.05) is 7.11 Å². The number of aliphatic hydroxyl groups is 2. The lowest BCUT2D eigenvalue weighted by Gasteiger charge is -2.11. The number of carbonyl (C=O) groups excluding carboxylic acids is 1. The number of methoxy groups -OCH3 is 1. The van der Waals surface area contributed by atoms with Gasteiger partial charge in [-0.3, -0.25) is 4.79 Å². The van der Waals surface area contributed by atoms with Crippen LogP contribution < -0.4 is 0 Å². The van der Waals surface area contributed by atoms with Crippen LogP contribution in [0.3, 0.4) is 0 Å². The summed E-state index contributed by atoms with van der Waals surface area (Å²) in [6.45, 7) is 0. The molecule has 0 aliphatic carbocycles. The lowest BCUT2D eigenvalue weighted by molar-refractivity contribution is -0.143. The molecule has 1 rings (SSSR count). The van der Waals surface area contributed by atoms with E-state index in [1.165, 1.54) is 7.11 Å². The van der Waals surface area contributed by atoms with Crippen molar-refractivity contribution in [3.05, 3.63) is 42.0 Å². The molecule has 0 radical (unpaired) electrons. The largest absolute Gasteiger partial charge is 0.469 e. The van der Waals surface area contributed by atoms with Crippen LogP contribution in [0.5, 0.6) is 0 Å². The first-order chi connectivity index (χ1) is 8.61. The number of hydrogen-bond donors (Lipinski definition) is 2. The second-order valence-electron chi connectivity index (χ2n) is 4.01. The minimum absolute atomic E-state index is 0.104. The number of aliphatic hydroxyl groups excluding tert-OH is 2. The summed E-state index contributed by atoms with van der Waals surface area (Å²) in [7, 11) is 1.26. The molecule has 0 amide bonds. The maximum atomic E-state index is 10.9. The Morgan fingerprint density at radius 1 is 1.33 bits per heavy atom. The van der Waals surface area contributed by atoms with Crippen molar-refractivity contribution in [2.24, 2.45) is 0 Å². The van der Waals surface area contributed by atoms with E-state index in [1.807, 2.05) is 30.3 Å². The van der Waals surface area contributed by atoms with Crippen LogP contribution in [0.2, 0.25) is 0 Å². The van der Waals surface area contributed by atoms with Crippen LogP contribution in [-0.2, 0) is 9.53 Å². The van der Waals surface area contributed by atoms with Gasteiger partial charge >= 0.3 is 5.97 Å². The molecule has 2 N–H and O–H groups in total. The van der Waals surface area contributed by atoms with E-state index in [9.17, 15) is 15.0 Å². The van der Waals surface area contributed by atoms with Gasteiger partial charge in [0, 0.05) is 6.42 Å². The van der Waals surface area contributed by atoms with E-state index in [-0.39, 0.29) is 12.8 Å². The predicted molar refractivity (Wildman–Crippen MR) is 68.7 cm³/mol. The first kappa shape index (κ1) is 14.4. The summed E-state index contributed by atoms with van der Waals surface area (Å²) in [5, 5.41) is 19.2. The van der Waals surface area contributed by atoms with Gasteiger partial charge in [-0.25, -0.2) is 0 Å². The molecule has 1 aromatic rings. The molecule has 0 fully saturated rings. The lowest BCUT2D eigenvalue weighted by atomic mass is 10.1. The molecule has 98 valence electrons. The molecule has 4 nitrogen and oxygen atoms in total. The highest BCUT2D eigenvalue weighted by Gasteiger charge is 2.14. The zero-order valence-electron chi connectivity index (χ0n) is 10.3. The molecule has 4 heteroatoms. The van der Waals surface area contributed by atoms with Crippen molar-refractivity contribution >= 4 is 12.0 Å². The molecule has 0 unspecified atom stereocenters. The summed E-state index contributed by atoms with van der Waals surface area (Å²) in [5.74, 6) is -0.485. The number of carbonyl (C=O) groups is 1. The maximum absolute atomic E-state index is 10.9. The molecule has 0 aromatic heterocycles. The molecule has 0 aliphatic heterocycles. The fourth-order valence-corrected chi connectivity index (χ4v) is 1.50. The van der Waals surface area contributed by atoms with Gasteiger partial charge in [0.15, 0.2) is 0 Å². The molecule has 0 bridgehead atoms. The molecule has 0 aliphatic rings. The topological polar surface area (TPSA) is 66.8 Å². The number of ether oxygens (including phenoxy) is 1. The summed E-state index contributed by atoms with van der Waals surface area (Å²) in [6.07, 6.45) is 1.69. The average Bonchev–Trinajstić information content (AvgIpc) is 2.37. The van der Waals surface area contributed by atoms with Crippen molar-refractivity contribution < 1.29 is 19.7 Å². The van der Waals surface area contributed by atoms with Gasteiger partial charge < -0.3 is 14.9 Å². The van der Waals surface area contributed by atoms with E-state index >= 15 is 0 Å². The summed E-state index contributed by atoms with van der Waals surface area (Å²) >= 11 is 0. The lowest BCUT2D eigenvalue weighted by Crippen LogP contribution is -2.20. The Bertz CT molecular complexity index is 386. The summed E-state index contributed by atoms with van der Waals surface area (Å²) < 4.78 is 4.43. The smallest absolute Gasteiger partial charge is 0.308 e. The first-order valence-corrected chi connectivity index (χ1v) is 5.78. The third kappa shape index (κ3) is 5.61. The highest BCUT2D eigenvalue weighted by Crippen LogP contribution is 2.07. The van der Waals surface area contributed by atoms with Gasteiger partial charge in [-0.05, 0) is 5.56 Å². The van der Waals surface area contributed by atoms with Crippen molar-refractivity contribution in [3.63, 3.8) is 0 Å². The van der Waals surface area contributed by atoms with Crippen molar-refractivity contribution in [3.8, 4) is 0 Å². The monoisotopic (exact) mass is 250 g/mol. The summed E-state index contributed by atoms with van der Waals surface area (Å²) in [6, 6.07) is 9.53. The van der Waals surface area contributed by atoms with E-state index < -0.39 is 18.2 Å². The van der Waals surface area contributed by atoms with E-state index in [0.717, 1.165) is 5.56 Å². The molecular formula is C14H18O4. The zero-order valence-corrected chi connectivity index (χ0v) is 10.3. The van der Waals surface area contributed by atoms with Crippen molar-refractivity contribution in [1.82, 2.24) is 0 Å². The number of rotatable bonds is 6. The normalized spacial score (nSPS) is 14.4. The van der Waals surface area contributed by atoms with E-state index in [2.05, 4.69) is 4.74 Å². The van der Waals surface area contributed by atoms with Gasteiger partial charge in [-0.2, -0.15) is 0 Å². The Morgan fingerprint density at radius 2 is 2.00 bits per heavy atom. The third-order valence-corrected chi connectivity index (χ3v) is 2.45. The standard InChI is InChI=1S/C14H18O4/c1-18-14(17)10-13(16)9-12(15)8-7-11-5-3-2-4-6-11/h2-8,12-13,15-16H,9-10H2,1H3/t12-,13-/m1/s1. The van der Waals surface area contributed by atoms with Gasteiger partial charge in [-0.1, -0.05) is 42.5 Å². The average molecular weight is 250 g/mol. The second kappa shape index (κ2) is 7.63. The predicted octanol–water partition coefficient (Wildman–Crippen LogP) is 1.37. The zero-order chi connectivity index (χ0) is 13.4. The fraction of sp³-hybridized carbons (Fsp3) is 0.357. The molecule has 2 atom stereocenters. The summed E-state index contributed by atoms with van der Waals surface area (Å²) in [4.78, 5) is 10.9. The molecule has 0 heterocycles. The van der Waals surface area contributed by atoms with Crippen LogP contribution in [0.1, 0.15) is 18.4 Å². The Hall–Kier alpha value is -1.65. The number of benzene rings is 1. The summed E-state index contributed by atoms with van der Waals surface area (Å²) in [5.41, 5.74) is 0.971. The highest BCUT2D eigenvalue weighted by atomic mass is 16.5. The minimum atomic E-state index is -0.895. The van der Waals surface area contributed by atoms with Gasteiger partial charge in [0.1, 0.15) is 0 Å². The fourth-order valence-electron chi connectivity index (χ4n) is 1.50. The van der Waals surface area contributed by atoms with Gasteiger partial charge in [-0.15, -0.1) is 0 Å². The van der Waals surface area contributed by atoms with Crippen LogP contribution >= 0.6 is 0 Å². The quantitative estimate of drug-likeness (QED) is 0.748. The van der Waals surface area contributed by atoms with E-state index in [4.69, 9.17) is 0 Å². The van der Waals surface area contributed by atoms with Crippen LogP contribution in [0.25, 0.3) is 6.08 Å². The Labute approximate surface area is 107 Å². The maximum Gasteiger partial charge on any atom is 0.308 e. The third-order valence-electron chi connectivity index (χ3n) is 2.45. The molecule has 0 saturated heterocycles. The SMILES string of the molecule is COC(=O)C[C@H](O)C[C@H](O)C=Cc1ccccc1. The molecule has 1 aromatic carbocycles. The van der Waals surface area contributed by atoms with Crippen LogP contribution in [0, 0.1) is 0 Å². The minimum Gasteiger partial charge on any atom is -0.469 e. The van der Waals surface area contributed by atoms with Crippen molar-refractivity contribution in [1.29, 1.82) is 0 Å². The van der Waals surface area contributed by atoms with Crippen LogP contribution in [0.4, 0.5) is 0 Å². The van der Waals surface area contributed by atoms with Crippen LogP contribution in [-0.4, -0.2) is 35.5 Å². The van der Waals surface area contributed by atoms with Gasteiger partial charge in [0.2, 0.25) is 0 Å². The van der Waals surface area contributed by atoms with Crippen LogP contribution in [0.15, 0.2) is 36.4 Å². The molecular weight excluding hydrogens is 232 g/mol. The first-order valence-electron chi connectivity index (χ1n) is 5.78. The van der Waals surface area contributed by atoms with Gasteiger partial charge in [0.25, 0.3) is 0 Å². The Morgan fingerprint density at radius 3 is 2.61 bits per heavy atom. The number of hydrogen-bond acceptors (Lipinski definition) is 4. The Balaban J connectivity index is 2.39. The van der Waals surface area contributed by atoms with E-state index in [1.54, 1.807) is 12.2 Å². The molecule has 18 heavy (non-hydrogen) atoms. The molecule has 0 spiro atoms. The van der Waals surface area contributed by atoms with Crippen molar-refractivity contribution in [2.45, 2.75) is 25.0 Å². The second-order valence-corrected chi connectivity index (χ2v) is 4.01.